The lowest BCUT2D eigenvalue weighted by molar-refractivity contribution is 0.552. The number of nitrogens with one attached hydrogen (secondary N) is 2. The summed E-state index contributed by atoms with van der Waals surface area (Å²) in [6.07, 6.45) is 4.15. The number of aromatic nitrogens is 3. The van der Waals surface area contributed by atoms with Gasteiger partial charge in [-0.3, -0.25) is 16.4 Å². The van der Waals surface area contributed by atoms with Crippen LogP contribution in [0.4, 0.5) is 5.82 Å². The summed E-state index contributed by atoms with van der Waals surface area (Å²) in [6, 6.07) is -0.0603. The van der Waals surface area contributed by atoms with Crippen LogP contribution in [0.3, 0.4) is 0 Å². The highest BCUT2D eigenvalue weighted by Gasteiger charge is 2.16. The van der Waals surface area contributed by atoms with E-state index in [9.17, 15) is 0 Å². The van der Waals surface area contributed by atoms with Crippen LogP contribution in [0.25, 0.3) is 0 Å². The van der Waals surface area contributed by atoms with E-state index in [1.54, 1.807) is 23.7 Å². The van der Waals surface area contributed by atoms with Crippen molar-refractivity contribution in [2.75, 3.05) is 5.73 Å². The Morgan fingerprint density at radius 2 is 2.47 bits per heavy atom. The van der Waals surface area contributed by atoms with Crippen molar-refractivity contribution in [3.63, 3.8) is 0 Å². The fourth-order valence-corrected chi connectivity index (χ4v) is 2.03. The Balaban J connectivity index is 2.15. The van der Waals surface area contributed by atoms with Gasteiger partial charge >= 0.3 is 0 Å². The average Bonchev–Trinajstić information content (AvgIpc) is 2.85. The van der Waals surface area contributed by atoms with Crippen LogP contribution < -0.4 is 17.0 Å². The summed E-state index contributed by atoms with van der Waals surface area (Å²) in [5.41, 5.74) is 9.29. The molecule has 0 aliphatic carbocycles. The Labute approximate surface area is 90.7 Å². The van der Waals surface area contributed by atoms with E-state index in [0.29, 0.717) is 12.2 Å². The lowest BCUT2D eigenvalue weighted by atomic mass is 10.1. The van der Waals surface area contributed by atoms with E-state index in [4.69, 9.17) is 11.6 Å². The zero-order valence-corrected chi connectivity index (χ0v) is 8.79. The van der Waals surface area contributed by atoms with Gasteiger partial charge in [-0.15, -0.1) is 11.3 Å². The molecule has 0 aliphatic heterocycles. The number of nitrogen functional groups attached to an aromatic ring is 1. The molecule has 0 saturated carbocycles. The summed E-state index contributed by atoms with van der Waals surface area (Å²) in [4.78, 5) is 4.20. The van der Waals surface area contributed by atoms with Gasteiger partial charge in [0, 0.05) is 23.6 Å². The molecule has 15 heavy (non-hydrogen) atoms. The molecule has 1 atom stereocenters. The van der Waals surface area contributed by atoms with Gasteiger partial charge in [-0.2, -0.15) is 5.10 Å². The molecule has 0 amide bonds. The molecule has 2 aromatic rings. The Bertz CT molecular complexity index is 408. The number of hydrogen-bond acceptors (Lipinski definition) is 6. The Hall–Kier alpha value is -1.44. The van der Waals surface area contributed by atoms with Gasteiger partial charge in [0.2, 0.25) is 0 Å². The number of nitrogens with two attached hydrogens (primary N) is 2. The van der Waals surface area contributed by atoms with Crippen LogP contribution in [0.1, 0.15) is 16.6 Å². The quantitative estimate of drug-likeness (QED) is 0.438. The molecule has 0 fully saturated rings. The maximum Gasteiger partial charge on any atom is 0.123 e. The summed E-state index contributed by atoms with van der Waals surface area (Å²) in [6.45, 7) is 0. The van der Waals surface area contributed by atoms with E-state index in [2.05, 4.69) is 20.6 Å². The number of hydrogen-bond donors (Lipinski definition) is 4. The summed E-state index contributed by atoms with van der Waals surface area (Å²) in [5, 5.41) is 9.48. The van der Waals surface area contributed by atoms with Gasteiger partial charge in [-0.1, -0.05) is 0 Å². The Morgan fingerprint density at radius 1 is 1.60 bits per heavy atom. The molecular weight excluding hydrogens is 212 g/mol. The molecule has 0 bridgehead atoms. The minimum atomic E-state index is -0.0603. The number of hydrazine groups is 1. The van der Waals surface area contributed by atoms with Gasteiger partial charge < -0.3 is 5.73 Å². The second-order valence-electron chi connectivity index (χ2n) is 3.09. The van der Waals surface area contributed by atoms with E-state index in [1.165, 1.54) is 0 Å². The van der Waals surface area contributed by atoms with Crippen LogP contribution in [0.5, 0.6) is 0 Å². The van der Waals surface area contributed by atoms with Crippen molar-refractivity contribution in [1.29, 1.82) is 0 Å². The molecule has 2 heterocycles. The molecule has 7 heteroatoms. The molecule has 6 nitrogen and oxygen atoms in total. The third kappa shape index (κ3) is 2.14. The number of anilines is 1. The minimum Gasteiger partial charge on any atom is -0.384 e. The predicted molar refractivity (Wildman–Crippen MR) is 58.9 cm³/mol. The minimum absolute atomic E-state index is 0.0603. The van der Waals surface area contributed by atoms with Gasteiger partial charge in [0.05, 0.1) is 17.2 Å². The zero-order chi connectivity index (χ0) is 10.7. The average molecular weight is 224 g/mol. The van der Waals surface area contributed by atoms with Crippen LogP contribution in [0.15, 0.2) is 17.8 Å². The van der Waals surface area contributed by atoms with Crippen molar-refractivity contribution < 1.29 is 0 Å². The monoisotopic (exact) mass is 224 g/mol. The molecule has 1 unspecified atom stereocenters. The number of aromatic amines is 1. The summed E-state index contributed by atoms with van der Waals surface area (Å²) in [7, 11) is 0. The first-order valence-corrected chi connectivity index (χ1v) is 5.32. The summed E-state index contributed by atoms with van der Waals surface area (Å²) < 4.78 is 0. The second kappa shape index (κ2) is 4.39. The van der Waals surface area contributed by atoms with Crippen LogP contribution >= 0.6 is 11.3 Å². The lowest BCUT2D eigenvalue weighted by Crippen LogP contribution is -2.29. The van der Waals surface area contributed by atoms with E-state index >= 15 is 0 Å². The Kier molecular flexibility index (Phi) is 2.95. The molecule has 0 radical (unpaired) electrons. The third-order valence-corrected chi connectivity index (χ3v) is 2.94. The molecule has 80 valence electrons. The van der Waals surface area contributed by atoms with E-state index in [0.717, 1.165) is 10.6 Å². The van der Waals surface area contributed by atoms with Gasteiger partial charge in [0.15, 0.2) is 0 Å². The van der Waals surface area contributed by atoms with Crippen LogP contribution in [-0.2, 0) is 6.42 Å². The highest BCUT2D eigenvalue weighted by atomic mass is 32.1. The molecule has 2 aromatic heterocycles. The predicted octanol–water partition coefficient (Wildman–Crippen LogP) is 0.195. The van der Waals surface area contributed by atoms with E-state index in [1.807, 2.05) is 5.38 Å². The van der Waals surface area contributed by atoms with Crippen molar-refractivity contribution in [2.24, 2.45) is 5.84 Å². The SMILES string of the molecule is NNC(Cc1nccs1)c1cn[nH]c1N. The van der Waals surface area contributed by atoms with Crippen molar-refractivity contribution in [3.05, 3.63) is 28.3 Å². The number of nitrogens with zero attached hydrogens (tertiary/aromatic N) is 2. The maximum absolute atomic E-state index is 5.72. The molecule has 0 saturated heterocycles. The zero-order valence-electron chi connectivity index (χ0n) is 7.97. The van der Waals surface area contributed by atoms with Crippen molar-refractivity contribution in [2.45, 2.75) is 12.5 Å². The van der Waals surface area contributed by atoms with Crippen molar-refractivity contribution in [3.8, 4) is 0 Å². The Morgan fingerprint density at radius 3 is 3.00 bits per heavy atom. The largest absolute Gasteiger partial charge is 0.384 e. The number of H-pyrrole nitrogens is 1. The highest BCUT2D eigenvalue weighted by Crippen LogP contribution is 2.21. The van der Waals surface area contributed by atoms with Gasteiger partial charge in [0.25, 0.3) is 0 Å². The molecule has 6 N–H and O–H groups in total. The topological polar surface area (TPSA) is 106 Å². The fourth-order valence-electron chi connectivity index (χ4n) is 1.37. The molecule has 0 aromatic carbocycles. The number of rotatable bonds is 4. The molecule has 0 aliphatic rings. The smallest absolute Gasteiger partial charge is 0.123 e. The molecular formula is C8H12N6S. The van der Waals surface area contributed by atoms with E-state index < -0.39 is 0 Å². The van der Waals surface area contributed by atoms with Gasteiger partial charge in [-0.05, 0) is 0 Å². The third-order valence-electron chi connectivity index (χ3n) is 2.14. The highest BCUT2D eigenvalue weighted by molar-refractivity contribution is 7.09. The van der Waals surface area contributed by atoms with Crippen molar-refractivity contribution in [1.82, 2.24) is 20.6 Å². The van der Waals surface area contributed by atoms with Gasteiger partial charge in [0.1, 0.15) is 5.82 Å². The van der Waals surface area contributed by atoms with Crippen LogP contribution in [0, 0.1) is 0 Å². The second-order valence-corrected chi connectivity index (χ2v) is 4.07. The first-order valence-electron chi connectivity index (χ1n) is 4.44. The van der Waals surface area contributed by atoms with Crippen LogP contribution in [0.2, 0.25) is 0 Å². The number of thiazole rings is 1. The summed E-state index contributed by atoms with van der Waals surface area (Å²) >= 11 is 1.59. The van der Waals surface area contributed by atoms with Crippen molar-refractivity contribution >= 4 is 17.2 Å². The fraction of sp³-hybridized carbons (Fsp3) is 0.250. The van der Waals surface area contributed by atoms with E-state index in [-0.39, 0.29) is 6.04 Å². The maximum atomic E-state index is 5.72. The standard InChI is InChI=1S/C8H12N6S/c9-8-5(4-12-14-8)6(13-10)3-7-11-1-2-15-7/h1-2,4,6,13H,3,10H2,(H3,9,12,14). The molecule has 0 spiro atoms. The van der Waals surface area contributed by atoms with Crippen LogP contribution in [-0.4, -0.2) is 15.2 Å². The lowest BCUT2D eigenvalue weighted by Gasteiger charge is -2.12. The first-order chi connectivity index (χ1) is 7.31. The molecule has 2 rings (SSSR count). The summed E-state index contributed by atoms with van der Waals surface area (Å²) in [5.74, 6) is 6.02. The normalized spacial score (nSPS) is 12.9. The van der Waals surface area contributed by atoms with Gasteiger partial charge in [-0.25, -0.2) is 4.98 Å². The first kappa shape index (κ1) is 10.1.